The van der Waals surface area contributed by atoms with Gasteiger partial charge in [0.25, 0.3) is 5.56 Å². The standard InChI is InChI=1S/C25H25ClN8O3/c1-33-22-21(26)20(37-19(9-27)16-10-28-6-7-29-16)11-30-23(22)32-25(33)31-15-8-14(13-2-3-13)12-34(24(15)36)17-4-5-18(17)35/h6-13,17-18,35H,2-5,27H2,1H3,(H,30,31,32)/b19-9+/t17-,18-/m1/s1. The maximum absolute atomic E-state index is 13.3. The van der Waals surface area contributed by atoms with Crippen molar-refractivity contribution < 1.29 is 9.84 Å². The van der Waals surface area contributed by atoms with Crippen LogP contribution in [0.1, 0.15) is 48.9 Å². The van der Waals surface area contributed by atoms with Gasteiger partial charge in [-0.25, -0.2) is 9.97 Å². The molecule has 37 heavy (non-hydrogen) atoms. The number of nitrogens with two attached hydrogens (primary N) is 1. The van der Waals surface area contributed by atoms with E-state index in [-0.39, 0.29) is 28.1 Å². The molecule has 0 radical (unpaired) electrons. The van der Waals surface area contributed by atoms with Crippen molar-refractivity contribution in [2.24, 2.45) is 12.8 Å². The molecule has 2 aliphatic carbocycles. The lowest BCUT2D eigenvalue weighted by atomic mass is 9.88. The van der Waals surface area contributed by atoms with Gasteiger partial charge in [0.1, 0.15) is 21.9 Å². The third-order valence-corrected chi connectivity index (χ3v) is 7.28. The Balaban J connectivity index is 1.35. The predicted octanol–water partition coefficient (Wildman–Crippen LogP) is 3.23. The van der Waals surface area contributed by atoms with Crippen LogP contribution in [-0.2, 0) is 7.05 Å². The number of fused-ring (bicyclic) bond motifs is 1. The van der Waals surface area contributed by atoms with E-state index in [0.717, 1.165) is 24.8 Å². The second-order valence-corrected chi connectivity index (χ2v) is 9.72. The lowest BCUT2D eigenvalue weighted by Crippen LogP contribution is -2.39. The summed E-state index contributed by atoms with van der Waals surface area (Å²) in [5.41, 5.74) is 8.36. The second kappa shape index (κ2) is 9.16. The van der Waals surface area contributed by atoms with Gasteiger partial charge in [0.15, 0.2) is 17.2 Å². The zero-order chi connectivity index (χ0) is 25.7. The Labute approximate surface area is 216 Å². The van der Waals surface area contributed by atoms with Gasteiger partial charge in [0, 0.05) is 31.8 Å². The van der Waals surface area contributed by atoms with Gasteiger partial charge >= 0.3 is 0 Å². The molecule has 0 unspecified atom stereocenters. The number of aliphatic hydroxyl groups is 1. The van der Waals surface area contributed by atoms with Crippen molar-refractivity contribution >= 4 is 40.2 Å². The van der Waals surface area contributed by atoms with Crippen LogP contribution >= 0.6 is 11.6 Å². The van der Waals surface area contributed by atoms with Gasteiger partial charge in [-0.15, -0.1) is 0 Å². The largest absolute Gasteiger partial charge is 0.450 e. The molecule has 11 nitrogen and oxygen atoms in total. The molecule has 0 spiro atoms. The van der Waals surface area contributed by atoms with E-state index in [1.807, 2.05) is 12.3 Å². The van der Waals surface area contributed by atoms with Crippen LogP contribution in [0.4, 0.5) is 11.6 Å². The molecule has 4 N–H and O–H groups in total. The van der Waals surface area contributed by atoms with Crippen LogP contribution in [0.3, 0.4) is 0 Å². The van der Waals surface area contributed by atoms with Crippen LogP contribution in [0.15, 0.2) is 48.0 Å². The summed E-state index contributed by atoms with van der Waals surface area (Å²) in [6.45, 7) is 0. The molecule has 0 bridgehead atoms. The van der Waals surface area contributed by atoms with Crippen molar-refractivity contribution in [2.75, 3.05) is 5.32 Å². The van der Waals surface area contributed by atoms with E-state index in [4.69, 9.17) is 22.1 Å². The summed E-state index contributed by atoms with van der Waals surface area (Å²) in [5, 5.41) is 13.7. The number of aryl methyl sites for hydroxylation is 1. The van der Waals surface area contributed by atoms with Crippen LogP contribution in [0.25, 0.3) is 16.9 Å². The highest BCUT2D eigenvalue weighted by atomic mass is 35.5. The molecule has 4 heterocycles. The van der Waals surface area contributed by atoms with Crippen molar-refractivity contribution in [1.29, 1.82) is 0 Å². The predicted molar refractivity (Wildman–Crippen MR) is 139 cm³/mol. The zero-order valence-electron chi connectivity index (χ0n) is 20.0. The highest BCUT2D eigenvalue weighted by molar-refractivity contribution is 6.36. The number of imidazole rings is 1. The Bertz CT molecular complexity index is 1580. The zero-order valence-corrected chi connectivity index (χ0v) is 20.8. The molecule has 2 saturated carbocycles. The third-order valence-electron chi connectivity index (χ3n) is 6.91. The number of hydrogen-bond donors (Lipinski definition) is 3. The van der Waals surface area contributed by atoms with E-state index in [9.17, 15) is 9.90 Å². The fraction of sp³-hybridized carbons (Fsp3) is 0.320. The van der Waals surface area contributed by atoms with Crippen molar-refractivity contribution in [3.63, 3.8) is 0 Å². The number of hydrogen-bond acceptors (Lipinski definition) is 9. The maximum atomic E-state index is 13.3. The second-order valence-electron chi connectivity index (χ2n) is 9.34. The Hall–Kier alpha value is -3.96. The van der Waals surface area contributed by atoms with Gasteiger partial charge in [-0.05, 0) is 43.2 Å². The van der Waals surface area contributed by atoms with Crippen LogP contribution < -0.4 is 21.3 Å². The number of nitrogens with zero attached hydrogens (tertiary/aromatic N) is 6. The number of anilines is 2. The summed E-state index contributed by atoms with van der Waals surface area (Å²) in [6.07, 6.45) is 12.4. The maximum Gasteiger partial charge on any atom is 0.274 e. The fourth-order valence-corrected chi connectivity index (χ4v) is 4.82. The van der Waals surface area contributed by atoms with Crippen LogP contribution in [0.5, 0.6) is 5.75 Å². The molecule has 4 aromatic heterocycles. The minimum atomic E-state index is -0.508. The quantitative estimate of drug-likeness (QED) is 0.312. The highest BCUT2D eigenvalue weighted by Gasteiger charge is 2.33. The third kappa shape index (κ3) is 4.19. The summed E-state index contributed by atoms with van der Waals surface area (Å²) in [7, 11) is 1.77. The molecule has 0 aromatic carbocycles. The molecule has 4 aromatic rings. The minimum absolute atomic E-state index is 0.204. The SMILES string of the molecule is Cn1c(Nc2cc(C3CC3)cn([C@@H]3CC[C@H]3O)c2=O)nc2ncc(O/C(=C/N)c3cnccn3)c(Cl)c21. The number of ether oxygens (including phenoxy) is 1. The molecule has 2 fully saturated rings. The molecule has 2 atom stereocenters. The Kier molecular flexibility index (Phi) is 5.81. The van der Waals surface area contributed by atoms with Gasteiger partial charge in [-0.1, -0.05) is 11.6 Å². The first-order chi connectivity index (χ1) is 17.9. The summed E-state index contributed by atoms with van der Waals surface area (Å²) < 4.78 is 9.29. The Morgan fingerprint density at radius 1 is 1.24 bits per heavy atom. The van der Waals surface area contributed by atoms with Crippen LogP contribution in [0, 0.1) is 0 Å². The molecule has 0 saturated heterocycles. The molecule has 0 amide bonds. The number of pyridine rings is 2. The van der Waals surface area contributed by atoms with Gasteiger partial charge in [-0.3, -0.25) is 9.78 Å². The van der Waals surface area contributed by atoms with Gasteiger partial charge in [0.05, 0.1) is 24.5 Å². The first-order valence-electron chi connectivity index (χ1n) is 12.0. The van der Waals surface area contributed by atoms with E-state index in [2.05, 4.69) is 25.3 Å². The Morgan fingerprint density at radius 2 is 2.08 bits per heavy atom. The van der Waals surface area contributed by atoms with E-state index in [0.29, 0.717) is 40.8 Å². The van der Waals surface area contributed by atoms with Crippen molar-refractivity contribution in [2.45, 2.75) is 43.7 Å². The van der Waals surface area contributed by atoms with Gasteiger partial charge in [0.2, 0.25) is 5.95 Å². The molecule has 190 valence electrons. The molecule has 0 aliphatic heterocycles. The molecule has 12 heteroatoms. The average Bonchev–Trinajstić information content (AvgIpc) is 3.70. The molecular formula is C25H25ClN8O3. The Morgan fingerprint density at radius 3 is 2.73 bits per heavy atom. The summed E-state index contributed by atoms with van der Waals surface area (Å²) >= 11 is 6.72. The van der Waals surface area contributed by atoms with Crippen molar-refractivity contribution in [1.82, 2.24) is 29.1 Å². The number of aliphatic hydroxyl groups excluding tert-OH is 1. The topological polar surface area (TPSA) is 146 Å². The highest BCUT2D eigenvalue weighted by Crippen LogP contribution is 2.42. The first-order valence-corrected chi connectivity index (χ1v) is 12.4. The van der Waals surface area contributed by atoms with Crippen LogP contribution in [-0.4, -0.2) is 40.3 Å². The average molecular weight is 521 g/mol. The fourth-order valence-electron chi connectivity index (χ4n) is 4.52. The number of rotatable bonds is 7. The molecule has 2 aliphatic rings. The van der Waals surface area contributed by atoms with Crippen molar-refractivity contribution in [3.8, 4) is 5.75 Å². The number of nitrogens with one attached hydrogen (secondary N) is 1. The van der Waals surface area contributed by atoms with E-state index in [1.165, 1.54) is 24.8 Å². The van der Waals surface area contributed by atoms with Crippen LogP contribution in [0.2, 0.25) is 5.02 Å². The number of halogens is 1. The summed E-state index contributed by atoms with van der Waals surface area (Å²) in [5.74, 6) is 1.37. The van der Waals surface area contributed by atoms with Gasteiger partial charge in [-0.2, -0.15) is 4.98 Å². The minimum Gasteiger partial charge on any atom is -0.450 e. The van der Waals surface area contributed by atoms with E-state index >= 15 is 0 Å². The monoisotopic (exact) mass is 520 g/mol. The lowest BCUT2D eigenvalue weighted by Gasteiger charge is -2.34. The molecular weight excluding hydrogens is 496 g/mol. The molecule has 6 rings (SSSR count). The lowest BCUT2D eigenvalue weighted by molar-refractivity contribution is 0.0299. The number of aromatic nitrogens is 6. The summed E-state index contributed by atoms with van der Waals surface area (Å²) in [4.78, 5) is 30.5. The van der Waals surface area contributed by atoms with E-state index < -0.39 is 6.10 Å². The summed E-state index contributed by atoms with van der Waals surface area (Å²) in [6, 6.07) is 1.67. The smallest absolute Gasteiger partial charge is 0.274 e. The normalized spacial score (nSPS) is 19.6. The van der Waals surface area contributed by atoms with Crippen molar-refractivity contribution in [3.05, 3.63) is 69.9 Å². The van der Waals surface area contributed by atoms with E-state index in [1.54, 1.807) is 22.4 Å². The first kappa shape index (κ1) is 23.4. The van der Waals surface area contributed by atoms with Gasteiger partial charge < -0.3 is 30.0 Å².